The van der Waals surface area contributed by atoms with Crippen molar-refractivity contribution in [2.75, 3.05) is 13.7 Å². The molecule has 1 aliphatic rings. The van der Waals surface area contributed by atoms with Crippen LogP contribution in [0.3, 0.4) is 0 Å². The van der Waals surface area contributed by atoms with Crippen LogP contribution in [0.4, 0.5) is 0 Å². The minimum atomic E-state index is -0.613. The summed E-state index contributed by atoms with van der Waals surface area (Å²) in [7, 11) is 1.34. The molecule has 96 valence electrons. The Balaban J connectivity index is 2.73. The van der Waals surface area contributed by atoms with E-state index >= 15 is 0 Å². The van der Waals surface area contributed by atoms with Crippen LogP contribution < -0.4 is 5.73 Å². The van der Waals surface area contributed by atoms with Gasteiger partial charge in [0.15, 0.2) is 0 Å². The predicted octanol–water partition coefficient (Wildman–Crippen LogP) is 0.444. The summed E-state index contributed by atoms with van der Waals surface area (Å²) in [6.45, 7) is 4.13. The SMILES string of the molecule is C=CCC(N)C(=O)N1CCCCC1C(=O)OC. The lowest BCUT2D eigenvalue weighted by molar-refractivity contribution is -0.155. The van der Waals surface area contributed by atoms with Gasteiger partial charge < -0.3 is 15.4 Å². The van der Waals surface area contributed by atoms with E-state index in [1.165, 1.54) is 7.11 Å². The molecule has 17 heavy (non-hydrogen) atoms. The van der Waals surface area contributed by atoms with Gasteiger partial charge in [0, 0.05) is 6.54 Å². The zero-order valence-electron chi connectivity index (χ0n) is 10.2. The number of carbonyl (C=O) groups is 2. The van der Waals surface area contributed by atoms with Crippen LogP contribution in [0.2, 0.25) is 0 Å². The highest BCUT2D eigenvalue weighted by atomic mass is 16.5. The fourth-order valence-electron chi connectivity index (χ4n) is 2.07. The molecule has 0 aromatic rings. The van der Waals surface area contributed by atoms with Crippen LogP contribution >= 0.6 is 0 Å². The highest BCUT2D eigenvalue weighted by Crippen LogP contribution is 2.19. The van der Waals surface area contributed by atoms with E-state index in [2.05, 4.69) is 6.58 Å². The number of piperidine rings is 1. The van der Waals surface area contributed by atoms with Gasteiger partial charge in [-0.1, -0.05) is 6.08 Å². The third-order valence-electron chi connectivity index (χ3n) is 3.00. The number of hydrogen-bond acceptors (Lipinski definition) is 4. The molecule has 0 aromatic carbocycles. The van der Waals surface area contributed by atoms with Gasteiger partial charge in [-0.2, -0.15) is 0 Å². The highest BCUT2D eigenvalue weighted by molar-refractivity contribution is 5.87. The number of hydrogen-bond donors (Lipinski definition) is 1. The molecule has 0 aromatic heterocycles. The van der Waals surface area contributed by atoms with Crippen molar-refractivity contribution in [3.63, 3.8) is 0 Å². The Kier molecular flexibility index (Phi) is 5.15. The molecule has 2 atom stereocenters. The van der Waals surface area contributed by atoms with E-state index in [4.69, 9.17) is 10.5 Å². The second-order valence-electron chi connectivity index (χ2n) is 4.20. The summed E-state index contributed by atoms with van der Waals surface area (Å²) in [5.41, 5.74) is 5.75. The normalized spacial score (nSPS) is 21.8. The smallest absolute Gasteiger partial charge is 0.328 e. The number of carbonyl (C=O) groups excluding carboxylic acids is 2. The first kappa shape index (κ1) is 13.7. The first-order valence-corrected chi connectivity index (χ1v) is 5.86. The van der Waals surface area contributed by atoms with Gasteiger partial charge in [0.25, 0.3) is 0 Å². The summed E-state index contributed by atoms with van der Waals surface area (Å²) >= 11 is 0. The molecule has 0 spiro atoms. The molecular formula is C12H20N2O3. The second kappa shape index (κ2) is 6.39. The number of methoxy groups -OCH3 is 1. The minimum absolute atomic E-state index is 0.194. The Bertz CT molecular complexity index is 304. The molecular weight excluding hydrogens is 220 g/mol. The van der Waals surface area contributed by atoms with E-state index in [0.29, 0.717) is 19.4 Å². The van der Waals surface area contributed by atoms with Crippen molar-refractivity contribution in [3.8, 4) is 0 Å². The van der Waals surface area contributed by atoms with E-state index in [1.807, 2.05) is 0 Å². The Morgan fingerprint density at radius 2 is 2.29 bits per heavy atom. The number of ether oxygens (including phenoxy) is 1. The molecule has 2 unspecified atom stereocenters. The molecule has 0 radical (unpaired) electrons. The van der Waals surface area contributed by atoms with Gasteiger partial charge in [-0.05, 0) is 25.7 Å². The molecule has 0 saturated carbocycles. The van der Waals surface area contributed by atoms with Crippen molar-refractivity contribution in [1.29, 1.82) is 0 Å². The third kappa shape index (κ3) is 3.30. The van der Waals surface area contributed by atoms with Gasteiger partial charge in [0.05, 0.1) is 13.2 Å². The maximum Gasteiger partial charge on any atom is 0.328 e. The average Bonchev–Trinajstić information content (AvgIpc) is 2.37. The van der Waals surface area contributed by atoms with Crippen molar-refractivity contribution < 1.29 is 14.3 Å². The zero-order chi connectivity index (χ0) is 12.8. The van der Waals surface area contributed by atoms with Gasteiger partial charge in [-0.3, -0.25) is 4.79 Å². The van der Waals surface area contributed by atoms with E-state index in [0.717, 1.165) is 12.8 Å². The predicted molar refractivity (Wildman–Crippen MR) is 64.2 cm³/mol. The highest BCUT2D eigenvalue weighted by Gasteiger charge is 2.34. The number of likely N-dealkylation sites (tertiary alicyclic amines) is 1. The van der Waals surface area contributed by atoms with E-state index < -0.39 is 12.1 Å². The topological polar surface area (TPSA) is 72.6 Å². The largest absolute Gasteiger partial charge is 0.467 e. The number of amides is 1. The van der Waals surface area contributed by atoms with Crippen LogP contribution in [0, 0.1) is 0 Å². The Morgan fingerprint density at radius 1 is 1.59 bits per heavy atom. The van der Waals surface area contributed by atoms with Crippen LogP contribution in [0.15, 0.2) is 12.7 Å². The van der Waals surface area contributed by atoms with Crippen LogP contribution in [-0.4, -0.2) is 42.5 Å². The van der Waals surface area contributed by atoms with Crippen molar-refractivity contribution in [1.82, 2.24) is 4.90 Å². The summed E-state index contributed by atoms with van der Waals surface area (Å²) < 4.78 is 4.72. The summed E-state index contributed by atoms with van der Waals surface area (Å²) in [4.78, 5) is 25.2. The van der Waals surface area contributed by atoms with Crippen molar-refractivity contribution in [2.24, 2.45) is 5.73 Å². The monoisotopic (exact) mass is 240 g/mol. The molecule has 1 saturated heterocycles. The first-order valence-electron chi connectivity index (χ1n) is 5.86. The molecule has 0 bridgehead atoms. The van der Waals surface area contributed by atoms with Gasteiger partial charge >= 0.3 is 5.97 Å². The average molecular weight is 240 g/mol. The van der Waals surface area contributed by atoms with Crippen LogP contribution in [0.1, 0.15) is 25.7 Å². The maximum absolute atomic E-state index is 12.1. The first-order chi connectivity index (χ1) is 8.11. The minimum Gasteiger partial charge on any atom is -0.467 e. The quantitative estimate of drug-likeness (QED) is 0.572. The molecule has 0 aliphatic carbocycles. The fourth-order valence-corrected chi connectivity index (χ4v) is 2.07. The third-order valence-corrected chi connectivity index (χ3v) is 3.00. The fraction of sp³-hybridized carbons (Fsp3) is 0.667. The Labute approximate surface area is 102 Å². The lowest BCUT2D eigenvalue weighted by Gasteiger charge is -2.35. The van der Waals surface area contributed by atoms with E-state index in [9.17, 15) is 9.59 Å². The molecule has 1 rings (SSSR count). The summed E-state index contributed by atoms with van der Waals surface area (Å²) in [6, 6.07) is -1.09. The molecule has 1 fully saturated rings. The number of esters is 1. The van der Waals surface area contributed by atoms with Crippen molar-refractivity contribution in [2.45, 2.75) is 37.8 Å². The van der Waals surface area contributed by atoms with E-state index in [-0.39, 0.29) is 11.9 Å². The van der Waals surface area contributed by atoms with Gasteiger partial charge in [0.1, 0.15) is 6.04 Å². The molecule has 1 heterocycles. The summed E-state index contributed by atoms with van der Waals surface area (Å²) in [5, 5.41) is 0. The maximum atomic E-state index is 12.1. The lowest BCUT2D eigenvalue weighted by Crippen LogP contribution is -2.53. The Hall–Kier alpha value is -1.36. The lowest BCUT2D eigenvalue weighted by atomic mass is 10.0. The van der Waals surface area contributed by atoms with Gasteiger partial charge in [0.2, 0.25) is 5.91 Å². The summed E-state index contributed by atoms with van der Waals surface area (Å²) in [5.74, 6) is -0.552. The van der Waals surface area contributed by atoms with Crippen LogP contribution in [0.5, 0.6) is 0 Å². The van der Waals surface area contributed by atoms with Gasteiger partial charge in [-0.25, -0.2) is 4.79 Å². The number of nitrogens with two attached hydrogens (primary N) is 1. The molecule has 5 nitrogen and oxygen atoms in total. The van der Waals surface area contributed by atoms with E-state index in [1.54, 1.807) is 11.0 Å². The van der Waals surface area contributed by atoms with Crippen LogP contribution in [0.25, 0.3) is 0 Å². The van der Waals surface area contributed by atoms with Gasteiger partial charge in [-0.15, -0.1) is 6.58 Å². The van der Waals surface area contributed by atoms with Crippen LogP contribution in [-0.2, 0) is 14.3 Å². The molecule has 1 aliphatic heterocycles. The van der Waals surface area contributed by atoms with Crippen molar-refractivity contribution >= 4 is 11.9 Å². The standard InChI is InChI=1S/C12H20N2O3/c1-3-6-9(13)11(15)14-8-5-4-7-10(14)12(16)17-2/h3,9-10H,1,4-8,13H2,2H3. The molecule has 5 heteroatoms. The molecule has 2 N–H and O–H groups in total. The second-order valence-corrected chi connectivity index (χ2v) is 4.20. The Morgan fingerprint density at radius 3 is 2.88 bits per heavy atom. The number of rotatable bonds is 4. The molecule has 1 amide bonds. The zero-order valence-corrected chi connectivity index (χ0v) is 10.2. The summed E-state index contributed by atoms with van der Waals surface area (Å²) in [6.07, 6.45) is 4.52. The van der Waals surface area contributed by atoms with Crippen molar-refractivity contribution in [3.05, 3.63) is 12.7 Å². The number of nitrogens with zero attached hydrogens (tertiary/aromatic N) is 1.